The maximum absolute atomic E-state index is 13.9. The molecule has 0 bridgehead atoms. The summed E-state index contributed by atoms with van der Waals surface area (Å²) >= 11 is 0. The summed E-state index contributed by atoms with van der Waals surface area (Å²) in [6.45, 7) is 5.94. The Kier molecular flexibility index (Phi) is 6.38. The largest absolute Gasteiger partial charge is 0.383 e. The number of likely N-dealkylation sites (tertiary alicyclic amines) is 1. The highest BCUT2D eigenvalue weighted by Gasteiger charge is 2.23. The Morgan fingerprint density at radius 3 is 2.92 bits per heavy atom. The number of nitrogens with zero attached hydrogens (tertiary/aromatic N) is 3. The number of aromatic nitrogens is 2. The number of ether oxygens (including phenoxy) is 1. The van der Waals surface area contributed by atoms with E-state index in [4.69, 9.17) is 4.74 Å². The standard InChI is InChI=1S/C20H27F2N3O/c1-15-12-23-20(25(15)8-9-26-2)10-16-4-3-7-24(13-16)14-17-5-6-18(21)11-19(17)22/h5-6,11-12,16H,3-4,7-10,13-14H2,1-2H3. The Balaban J connectivity index is 1.62. The number of piperidine rings is 1. The van der Waals surface area contributed by atoms with Crippen LogP contribution in [0.5, 0.6) is 0 Å². The monoisotopic (exact) mass is 363 g/mol. The van der Waals surface area contributed by atoms with Gasteiger partial charge in [-0.25, -0.2) is 13.8 Å². The highest BCUT2D eigenvalue weighted by Crippen LogP contribution is 2.23. The smallest absolute Gasteiger partial charge is 0.130 e. The molecule has 1 aliphatic rings. The van der Waals surface area contributed by atoms with Crippen LogP contribution in [0.2, 0.25) is 0 Å². The second-order valence-corrected chi connectivity index (χ2v) is 7.14. The van der Waals surface area contributed by atoms with Gasteiger partial charge in [-0.1, -0.05) is 6.07 Å². The number of benzene rings is 1. The lowest BCUT2D eigenvalue weighted by molar-refractivity contribution is 0.161. The van der Waals surface area contributed by atoms with Crippen molar-refractivity contribution < 1.29 is 13.5 Å². The Hall–Kier alpha value is -1.79. The SMILES string of the molecule is COCCn1c(C)cnc1CC1CCCN(Cc2ccc(F)cc2F)C1. The number of aryl methyl sites for hydroxylation is 1. The zero-order chi connectivity index (χ0) is 18.5. The van der Waals surface area contributed by atoms with Crippen LogP contribution in [-0.2, 0) is 24.2 Å². The Labute approximate surface area is 153 Å². The van der Waals surface area contributed by atoms with Gasteiger partial charge in [-0.15, -0.1) is 0 Å². The molecule has 0 N–H and O–H groups in total. The molecule has 6 heteroatoms. The minimum absolute atomic E-state index is 0.460. The molecule has 3 rings (SSSR count). The summed E-state index contributed by atoms with van der Waals surface area (Å²) in [6.07, 6.45) is 5.07. The third kappa shape index (κ3) is 4.68. The molecule has 1 unspecified atom stereocenters. The maximum Gasteiger partial charge on any atom is 0.130 e. The van der Waals surface area contributed by atoms with Crippen molar-refractivity contribution in [3.63, 3.8) is 0 Å². The lowest BCUT2D eigenvalue weighted by atomic mass is 9.94. The lowest BCUT2D eigenvalue weighted by Gasteiger charge is -2.32. The third-order valence-corrected chi connectivity index (χ3v) is 5.14. The number of methoxy groups -OCH3 is 1. The van der Waals surface area contributed by atoms with E-state index >= 15 is 0 Å². The molecular formula is C20H27F2N3O. The number of halogens is 2. The van der Waals surface area contributed by atoms with Gasteiger partial charge < -0.3 is 9.30 Å². The van der Waals surface area contributed by atoms with Crippen LogP contribution < -0.4 is 0 Å². The van der Waals surface area contributed by atoms with E-state index in [0.717, 1.165) is 56.5 Å². The van der Waals surface area contributed by atoms with Crippen molar-refractivity contribution in [2.24, 2.45) is 5.92 Å². The van der Waals surface area contributed by atoms with Gasteiger partial charge in [-0.2, -0.15) is 0 Å². The van der Waals surface area contributed by atoms with Crippen molar-refractivity contribution in [1.82, 2.24) is 14.5 Å². The van der Waals surface area contributed by atoms with Gasteiger partial charge in [0.05, 0.1) is 6.61 Å². The molecule has 4 nitrogen and oxygen atoms in total. The molecule has 1 aromatic heterocycles. The molecule has 0 amide bonds. The first-order valence-corrected chi connectivity index (χ1v) is 9.23. The van der Waals surface area contributed by atoms with Gasteiger partial charge in [0.15, 0.2) is 0 Å². The van der Waals surface area contributed by atoms with Crippen LogP contribution in [0.4, 0.5) is 8.78 Å². The molecule has 26 heavy (non-hydrogen) atoms. The molecule has 142 valence electrons. The first-order valence-electron chi connectivity index (χ1n) is 9.23. The first-order chi connectivity index (χ1) is 12.6. The van der Waals surface area contributed by atoms with Gasteiger partial charge in [0.2, 0.25) is 0 Å². The molecule has 1 aromatic carbocycles. The van der Waals surface area contributed by atoms with Crippen molar-refractivity contribution in [3.8, 4) is 0 Å². The van der Waals surface area contributed by atoms with E-state index in [0.29, 0.717) is 24.6 Å². The summed E-state index contributed by atoms with van der Waals surface area (Å²) in [6, 6.07) is 3.84. The number of rotatable bonds is 7. The predicted molar refractivity (Wildman–Crippen MR) is 96.9 cm³/mol. The minimum Gasteiger partial charge on any atom is -0.383 e. The van der Waals surface area contributed by atoms with E-state index in [-0.39, 0.29) is 0 Å². The lowest BCUT2D eigenvalue weighted by Crippen LogP contribution is -2.36. The summed E-state index contributed by atoms with van der Waals surface area (Å²) in [7, 11) is 1.71. The van der Waals surface area contributed by atoms with E-state index < -0.39 is 11.6 Å². The second kappa shape index (κ2) is 8.73. The number of imidazole rings is 1. The second-order valence-electron chi connectivity index (χ2n) is 7.14. The van der Waals surface area contributed by atoms with Crippen LogP contribution in [0.15, 0.2) is 24.4 Å². The molecule has 0 saturated carbocycles. The fourth-order valence-corrected chi connectivity index (χ4v) is 3.77. The molecule has 0 radical (unpaired) electrons. The number of hydrogen-bond acceptors (Lipinski definition) is 3. The van der Waals surface area contributed by atoms with Crippen molar-refractivity contribution in [2.45, 2.75) is 39.3 Å². The highest BCUT2D eigenvalue weighted by molar-refractivity contribution is 5.18. The van der Waals surface area contributed by atoms with Crippen LogP contribution in [0.3, 0.4) is 0 Å². The van der Waals surface area contributed by atoms with Crippen molar-refractivity contribution in [1.29, 1.82) is 0 Å². The van der Waals surface area contributed by atoms with Gasteiger partial charge in [0.1, 0.15) is 17.5 Å². The van der Waals surface area contributed by atoms with Gasteiger partial charge in [0, 0.05) is 56.7 Å². The van der Waals surface area contributed by atoms with Crippen LogP contribution >= 0.6 is 0 Å². The van der Waals surface area contributed by atoms with Gasteiger partial charge in [-0.05, 0) is 38.3 Å². The van der Waals surface area contributed by atoms with Crippen LogP contribution in [-0.4, -0.2) is 41.3 Å². The molecule has 1 atom stereocenters. The molecule has 2 aromatic rings. The molecular weight excluding hydrogens is 336 g/mol. The normalized spacial score (nSPS) is 18.4. The fraction of sp³-hybridized carbons (Fsp3) is 0.550. The van der Waals surface area contributed by atoms with Gasteiger partial charge >= 0.3 is 0 Å². The van der Waals surface area contributed by atoms with Gasteiger partial charge in [0.25, 0.3) is 0 Å². The predicted octanol–water partition coefficient (Wildman–Crippen LogP) is 3.57. The molecule has 1 saturated heterocycles. The number of hydrogen-bond donors (Lipinski definition) is 0. The summed E-state index contributed by atoms with van der Waals surface area (Å²) in [4.78, 5) is 6.85. The average Bonchev–Trinajstić information content (AvgIpc) is 2.95. The molecule has 1 aliphatic heterocycles. The van der Waals surface area contributed by atoms with Crippen molar-refractivity contribution in [2.75, 3.05) is 26.8 Å². The van der Waals surface area contributed by atoms with Crippen molar-refractivity contribution >= 4 is 0 Å². The van der Waals surface area contributed by atoms with Crippen LogP contribution in [0.1, 0.15) is 29.9 Å². The third-order valence-electron chi connectivity index (χ3n) is 5.14. The Bertz CT molecular complexity index is 732. The average molecular weight is 363 g/mol. The van der Waals surface area contributed by atoms with E-state index in [1.165, 1.54) is 6.07 Å². The van der Waals surface area contributed by atoms with E-state index in [1.54, 1.807) is 13.2 Å². The molecule has 2 heterocycles. The van der Waals surface area contributed by atoms with Crippen LogP contribution in [0, 0.1) is 24.5 Å². The Morgan fingerprint density at radius 2 is 2.15 bits per heavy atom. The zero-order valence-corrected chi connectivity index (χ0v) is 15.5. The fourth-order valence-electron chi connectivity index (χ4n) is 3.77. The molecule has 0 aliphatic carbocycles. The van der Waals surface area contributed by atoms with E-state index in [9.17, 15) is 8.78 Å². The summed E-state index contributed by atoms with van der Waals surface area (Å²) < 4.78 is 34.4. The Morgan fingerprint density at radius 1 is 1.31 bits per heavy atom. The maximum atomic E-state index is 13.9. The highest BCUT2D eigenvalue weighted by atomic mass is 19.1. The molecule has 0 spiro atoms. The van der Waals surface area contributed by atoms with Crippen LogP contribution in [0.25, 0.3) is 0 Å². The topological polar surface area (TPSA) is 30.3 Å². The first kappa shape index (κ1) is 19.0. The summed E-state index contributed by atoms with van der Waals surface area (Å²) in [5.74, 6) is 0.605. The summed E-state index contributed by atoms with van der Waals surface area (Å²) in [5, 5.41) is 0. The quantitative estimate of drug-likeness (QED) is 0.753. The summed E-state index contributed by atoms with van der Waals surface area (Å²) in [5.41, 5.74) is 1.71. The van der Waals surface area contributed by atoms with E-state index in [1.807, 2.05) is 6.20 Å². The minimum atomic E-state index is -0.527. The van der Waals surface area contributed by atoms with Crippen molar-refractivity contribution in [3.05, 3.63) is 53.1 Å². The van der Waals surface area contributed by atoms with E-state index in [2.05, 4.69) is 21.4 Å². The molecule has 1 fully saturated rings. The zero-order valence-electron chi connectivity index (χ0n) is 15.5. The van der Waals surface area contributed by atoms with Gasteiger partial charge in [-0.3, -0.25) is 4.90 Å².